The van der Waals surface area contributed by atoms with Gasteiger partial charge in [0.1, 0.15) is 5.57 Å². The Balaban J connectivity index is 1.92. The van der Waals surface area contributed by atoms with E-state index in [2.05, 4.69) is 4.98 Å². The van der Waals surface area contributed by atoms with Crippen LogP contribution in [-0.2, 0) is 9.53 Å². The van der Waals surface area contributed by atoms with Crippen LogP contribution in [0.4, 0.5) is 0 Å². The molecule has 31 heavy (non-hydrogen) atoms. The SMILES string of the molecule is CCOC(=O)/C(=C/c1c(-c2ccccc2)[nH]c2ccccc12)C(=O)c1ccc(Cl)cc1. The van der Waals surface area contributed by atoms with Crippen LogP contribution in [0.2, 0.25) is 5.02 Å². The van der Waals surface area contributed by atoms with Gasteiger partial charge in [-0.25, -0.2) is 4.79 Å². The number of aromatic amines is 1. The number of para-hydroxylation sites is 1. The van der Waals surface area contributed by atoms with Crippen molar-refractivity contribution in [1.29, 1.82) is 0 Å². The number of benzene rings is 3. The Morgan fingerprint density at radius 1 is 0.935 bits per heavy atom. The van der Waals surface area contributed by atoms with Crippen molar-refractivity contribution in [3.05, 3.63) is 101 Å². The first kappa shape index (κ1) is 20.6. The van der Waals surface area contributed by atoms with Crippen LogP contribution >= 0.6 is 11.6 Å². The van der Waals surface area contributed by atoms with Crippen LogP contribution in [0.15, 0.2) is 84.4 Å². The lowest BCUT2D eigenvalue weighted by atomic mass is 9.98. The number of carbonyl (C=O) groups excluding carboxylic acids is 2. The normalized spacial score (nSPS) is 11.5. The highest BCUT2D eigenvalue weighted by molar-refractivity contribution is 6.31. The van der Waals surface area contributed by atoms with E-state index in [1.165, 1.54) is 0 Å². The van der Waals surface area contributed by atoms with Gasteiger partial charge in [-0.15, -0.1) is 0 Å². The molecule has 154 valence electrons. The van der Waals surface area contributed by atoms with E-state index in [0.29, 0.717) is 10.6 Å². The van der Waals surface area contributed by atoms with Crippen molar-refractivity contribution in [2.75, 3.05) is 6.61 Å². The number of halogens is 1. The van der Waals surface area contributed by atoms with Crippen molar-refractivity contribution < 1.29 is 14.3 Å². The molecule has 0 amide bonds. The second-order valence-electron chi connectivity index (χ2n) is 6.94. The third-order valence-corrected chi connectivity index (χ3v) is 5.20. The van der Waals surface area contributed by atoms with Crippen molar-refractivity contribution in [1.82, 2.24) is 4.98 Å². The van der Waals surface area contributed by atoms with Gasteiger partial charge in [-0.05, 0) is 48.9 Å². The topological polar surface area (TPSA) is 59.2 Å². The van der Waals surface area contributed by atoms with Crippen LogP contribution in [-0.4, -0.2) is 23.3 Å². The molecule has 0 spiro atoms. The number of Topliss-reactive ketones (excluding diaryl/α,β-unsaturated/α-hetero) is 1. The summed E-state index contributed by atoms with van der Waals surface area (Å²) < 4.78 is 5.21. The molecular formula is C26H20ClNO3. The molecule has 0 fully saturated rings. The number of fused-ring (bicyclic) bond motifs is 1. The summed E-state index contributed by atoms with van der Waals surface area (Å²) >= 11 is 5.96. The van der Waals surface area contributed by atoms with Crippen molar-refractivity contribution in [2.24, 2.45) is 0 Å². The predicted octanol–water partition coefficient (Wildman–Crippen LogP) is 6.32. The van der Waals surface area contributed by atoms with E-state index in [0.717, 1.165) is 27.7 Å². The average molecular weight is 430 g/mol. The van der Waals surface area contributed by atoms with Gasteiger partial charge < -0.3 is 9.72 Å². The molecule has 0 radical (unpaired) electrons. The van der Waals surface area contributed by atoms with Crippen LogP contribution in [0.1, 0.15) is 22.8 Å². The molecule has 0 bridgehead atoms. The van der Waals surface area contributed by atoms with Gasteiger partial charge in [-0.3, -0.25) is 4.79 Å². The fraction of sp³-hybridized carbons (Fsp3) is 0.0769. The Morgan fingerprint density at radius 2 is 1.61 bits per heavy atom. The monoisotopic (exact) mass is 429 g/mol. The Labute approximate surface area is 185 Å². The molecule has 0 aliphatic heterocycles. The van der Waals surface area contributed by atoms with Crippen LogP contribution in [0.3, 0.4) is 0 Å². The first-order chi connectivity index (χ1) is 15.1. The summed E-state index contributed by atoms with van der Waals surface area (Å²) in [5.41, 5.74) is 3.78. The van der Waals surface area contributed by atoms with Crippen molar-refractivity contribution in [3.63, 3.8) is 0 Å². The van der Waals surface area contributed by atoms with Gasteiger partial charge in [0.25, 0.3) is 0 Å². The van der Waals surface area contributed by atoms with E-state index in [1.807, 2.05) is 54.6 Å². The molecule has 0 saturated carbocycles. The quantitative estimate of drug-likeness (QED) is 0.128. The Morgan fingerprint density at radius 3 is 2.32 bits per heavy atom. The third-order valence-electron chi connectivity index (χ3n) is 4.94. The number of ether oxygens (including phenoxy) is 1. The van der Waals surface area contributed by atoms with Gasteiger partial charge in [0.15, 0.2) is 5.78 Å². The number of aromatic nitrogens is 1. The van der Waals surface area contributed by atoms with Crippen LogP contribution in [0.5, 0.6) is 0 Å². The molecule has 0 saturated heterocycles. The predicted molar refractivity (Wildman–Crippen MR) is 124 cm³/mol. The van der Waals surface area contributed by atoms with E-state index in [9.17, 15) is 9.59 Å². The summed E-state index contributed by atoms with van der Waals surface area (Å²) in [6.45, 7) is 1.88. The van der Waals surface area contributed by atoms with Gasteiger partial charge in [0, 0.05) is 27.1 Å². The molecule has 0 aliphatic carbocycles. The molecule has 5 heteroatoms. The number of hydrogen-bond donors (Lipinski definition) is 1. The molecule has 1 N–H and O–H groups in total. The Hall–Kier alpha value is -3.63. The molecule has 0 atom stereocenters. The lowest BCUT2D eigenvalue weighted by Crippen LogP contribution is -2.16. The summed E-state index contributed by atoms with van der Waals surface area (Å²) in [6.07, 6.45) is 1.62. The number of nitrogens with one attached hydrogen (secondary N) is 1. The largest absolute Gasteiger partial charge is 0.462 e. The number of rotatable bonds is 6. The maximum absolute atomic E-state index is 13.3. The highest BCUT2D eigenvalue weighted by atomic mass is 35.5. The third kappa shape index (κ3) is 4.30. The van der Waals surface area contributed by atoms with E-state index >= 15 is 0 Å². The fourth-order valence-corrected chi connectivity index (χ4v) is 3.60. The second-order valence-corrected chi connectivity index (χ2v) is 7.38. The molecule has 0 unspecified atom stereocenters. The number of esters is 1. The summed E-state index contributed by atoms with van der Waals surface area (Å²) in [5.74, 6) is -1.08. The number of ketones is 1. The molecule has 0 aliphatic rings. The van der Waals surface area contributed by atoms with Gasteiger partial charge in [-0.2, -0.15) is 0 Å². The average Bonchev–Trinajstić information content (AvgIpc) is 3.16. The minimum Gasteiger partial charge on any atom is -0.462 e. The number of H-pyrrole nitrogens is 1. The van der Waals surface area contributed by atoms with Gasteiger partial charge in [0.05, 0.1) is 12.3 Å². The molecule has 1 aromatic heterocycles. The maximum atomic E-state index is 13.3. The van der Waals surface area contributed by atoms with Crippen molar-refractivity contribution in [3.8, 4) is 11.3 Å². The second kappa shape index (κ2) is 9.02. The molecule has 4 aromatic rings. The summed E-state index contributed by atoms with van der Waals surface area (Å²) in [5, 5.41) is 1.42. The fourth-order valence-electron chi connectivity index (χ4n) is 3.47. The molecule has 4 rings (SSSR count). The van der Waals surface area contributed by atoms with Crippen LogP contribution in [0.25, 0.3) is 28.2 Å². The zero-order valence-electron chi connectivity index (χ0n) is 16.9. The van der Waals surface area contributed by atoms with E-state index in [1.54, 1.807) is 37.3 Å². The first-order valence-electron chi connectivity index (χ1n) is 9.93. The van der Waals surface area contributed by atoms with E-state index < -0.39 is 11.8 Å². The summed E-state index contributed by atoms with van der Waals surface area (Å²) in [4.78, 5) is 29.5. The van der Waals surface area contributed by atoms with E-state index in [-0.39, 0.29) is 12.2 Å². The molecular weight excluding hydrogens is 410 g/mol. The highest BCUT2D eigenvalue weighted by Gasteiger charge is 2.23. The standard InChI is InChI=1S/C26H20ClNO3/c1-2-31-26(30)22(25(29)18-12-14-19(27)15-13-18)16-21-20-10-6-7-11-23(20)28-24(21)17-8-4-3-5-9-17/h3-16,28H,2H2,1H3/b22-16+. The maximum Gasteiger partial charge on any atom is 0.342 e. The van der Waals surface area contributed by atoms with Crippen LogP contribution in [0, 0.1) is 0 Å². The smallest absolute Gasteiger partial charge is 0.342 e. The summed E-state index contributed by atoms with van der Waals surface area (Å²) in [7, 11) is 0. The lowest BCUT2D eigenvalue weighted by molar-refractivity contribution is -0.137. The molecule has 1 heterocycles. The zero-order valence-corrected chi connectivity index (χ0v) is 17.6. The first-order valence-corrected chi connectivity index (χ1v) is 10.3. The molecule has 3 aromatic carbocycles. The number of carbonyl (C=O) groups is 2. The van der Waals surface area contributed by atoms with Gasteiger partial charge in [-0.1, -0.05) is 60.1 Å². The van der Waals surface area contributed by atoms with Crippen LogP contribution < -0.4 is 0 Å². The molecule has 4 nitrogen and oxygen atoms in total. The van der Waals surface area contributed by atoms with E-state index in [4.69, 9.17) is 16.3 Å². The van der Waals surface area contributed by atoms with Gasteiger partial charge >= 0.3 is 5.97 Å². The number of hydrogen-bond acceptors (Lipinski definition) is 3. The highest BCUT2D eigenvalue weighted by Crippen LogP contribution is 2.32. The zero-order chi connectivity index (χ0) is 21.8. The Bertz CT molecular complexity index is 1270. The minimum atomic E-state index is -0.660. The van der Waals surface area contributed by atoms with Crippen molar-refractivity contribution >= 4 is 40.3 Å². The van der Waals surface area contributed by atoms with Gasteiger partial charge in [0.2, 0.25) is 0 Å². The van der Waals surface area contributed by atoms with Crippen molar-refractivity contribution in [2.45, 2.75) is 6.92 Å². The Kier molecular flexibility index (Phi) is 6.01. The summed E-state index contributed by atoms with van der Waals surface area (Å²) in [6, 6.07) is 24.0. The lowest BCUT2D eigenvalue weighted by Gasteiger charge is -2.08. The minimum absolute atomic E-state index is 0.0360.